The fourth-order valence-electron chi connectivity index (χ4n) is 2.83. The van der Waals surface area contributed by atoms with E-state index in [1.54, 1.807) is 11.3 Å². The standard InChI is InChI=1S/C21H21N3O2S/c1-22-21(26)24-20(25)19(16-11-6-3-7-12-16)23-18(17-13-8-14-27-17)15-9-4-2-5-10-15/h2-14,18-19,23H,1H3,(H2,22,24,25,26)/t18-,19+/m1/s1. The van der Waals surface area contributed by atoms with Crippen molar-refractivity contribution in [2.24, 2.45) is 0 Å². The predicted octanol–water partition coefficient (Wildman–Crippen LogP) is 3.62. The summed E-state index contributed by atoms with van der Waals surface area (Å²) in [5.74, 6) is -0.405. The Balaban J connectivity index is 1.95. The van der Waals surface area contributed by atoms with Crippen LogP contribution in [0.15, 0.2) is 78.2 Å². The first-order chi connectivity index (χ1) is 13.2. The zero-order valence-electron chi connectivity index (χ0n) is 14.9. The number of carbonyl (C=O) groups is 2. The van der Waals surface area contributed by atoms with Crippen LogP contribution in [0.2, 0.25) is 0 Å². The molecule has 0 aliphatic heterocycles. The molecule has 138 valence electrons. The molecule has 2 atom stereocenters. The van der Waals surface area contributed by atoms with Crippen LogP contribution in [0.3, 0.4) is 0 Å². The number of carbonyl (C=O) groups excluding carboxylic acids is 2. The van der Waals surface area contributed by atoms with Gasteiger partial charge in [-0.05, 0) is 22.6 Å². The topological polar surface area (TPSA) is 70.2 Å². The minimum Gasteiger partial charge on any atom is -0.341 e. The van der Waals surface area contributed by atoms with E-state index < -0.39 is 18.0 Å². The number of imide groups is 1. The van der Waals surface area contributed by atoms with E-state index in [1.807, 2.05) is 78.2 Å². The molecule has 27 heavy (non-hydrogen) atoms. The number of benzene rings is 2. The molecule has 0 saturated carbocycles. The van der Waals surface area contributed by atoms with Crippen LogP contribution in [0.4, 0.5) is 4.79 Å². The van der Waals surface area contributed by atoms with Gasteiger partial charge in [0.25, 0.3) is 0 Å². The summed E-state index contributed by atoms with van der Waals surface area (Å²) in [6.07, 6.45) is 0. The molecule has 6 heteroatoms. The molecule has 0 saturated heterocycles. The molecule has 3 N–H and O–H groups in total. The Morgan fingerprint density at radius 2 is 1.48 bits per heavy atom. The third-order valence-corrected chi connectivity index (χ3v) is 5.09. The number of amides is 3. The molecular formula is C21H21N3O2S. The average Bonchev–Trinajstić information content (AvgIpc) is 3.24. The van der Waals surface area contributed by atoms with E-state index in [0.717, 1.165) is 16.0 Å². The van der Waals surface area contributed by atoms with E-state index in [4.69, 9.17) is 0 Å². The van der Waals surface area contributed by atoms with Crippen LogP contribution in [0, 0.1) is 0 Å². The van der Waals surface area contributed by atoms with E-state index in [-0.39, 0.29) is 6.04 Å². The quantitative estimate of drug-likeness (QED) is 0.613. The van der Waals surface area contributed by atoms with Gasteiger partial charge in [0, 0.05) is 11.9 Å². The van der Waals surface area contributed by atoms with Crippen molar-refractivity contribution >= 4 is 23.3 Å². The van der Waals surface area contributed by atoms with Crippen molar-refractivity contribution < 1.29 is 9.59 Å². The highest BCUT2D eigenvalue weighted by molar-refractivity contribution is 7.10. The maximum atomic E-state index is 12.8. The first kappa shape index (κ1) is 18.8. The van der Waals surface area contributed by atoms with Gasteiger partial charge >= 0.3 is 6.03 Å². The lowest BCUT2D eigenvalue weighted by Gasteiger charge is -2.25. The maximum absolute atomic E-state index is 12.8. The summed E-state index contributed by atoms with van der Waals surface area (Å²) < 4.78 is 0. The lowest BCUT2D eigenvalue weighted by Crippen LogP contribution is -2.45. The number of thiophene rings is 1. The van der Waals surface area contributed by atoms with Crippen LogP contribution >= 0.6 is 11.3 Å². The summed E-state index contributed by atoms with van der Waals surface area (Å²) in [4.78, 5) is 25.6. The summed E-state index contributed by atoms with van der Waals surface area (Å²) >= 11 is 1.62. The summed E-state index contributed by atoms with van der Waals surface area (Å²) in [7, 11) is 1.48. The molecule has 0 radical (unpaired) electrons. The molecule has 3 aromatic rings. The Kier molecular flexibility index (Phi) is 6.35. The van der Waals surface area contributed by atoms with Crippen LogP contribution in [-0.2, 0) is 4.79 Å². The lowest BCUT2D eigenvalue weighted by atomic mass is 10.0. The van der Waals surface area contributed by atoms with E-state index in [1.165, 1.54) is 7.05 Å². The number of nitrogens with one attached hydrogen (secondary N) is 3. The van der Waals surface area contributed by atoms with E-state index >= 15 is 0 Å². The first-order valence-electron chi connectivity index (χ1n) is 8.61. The molecule has 2 aromatic carbocycles. The molecule has 3 rings (SSSR count). The number of rotatable bonds is 6. The van der Waals surface area contributed by atoms with Crippen molar-refractivity contribution in [1.29, 1.82) is 0 Å². The predicted molar refractivity (Wildman–Crippen MR) is 108 cm³/mol. The number of urea groups is 1. The van der Waals surface area contributed by atoms with Crippen molar-refractivity contribution in [3.05, 3.63) is 94.2 Å². The van der Waals surface area contributed by atoms with Gasteiger partial charge in [-0.3, -0.25) is 15.4 Å². The van der Waals surface area contributed by atoms with Crippen molar-refractivity contribution in [3.8, 4) is 0 Å². The number of hydrogen-bond acceptors (Lipinski definition) is 4. The van der Waals surface area contributed by atoms with Gasteiger partial charge in [-0.1, -0.05) is 66.7 Å². The normalized spacial score (nSPS) is 12.8. The van der Waals surface area contributed by atoms with Gasteiger partial charge in [-0.2, -0.15) is 0 Å². The number of hydrogen-bond donors (Lipinski definition) is 3. The molecule has 0 aliphatic rings. The molecule has 1 aromatic heterocycles. The van der Waals surface area contributed by atoms with Crippen molar-refractivity contribution in [2.75, 3.05) is 7.05 Å². The maximum Gasteiger partial charge on any atom is 0.321 e. The average molecular weight is 379 g/mol. The Morgan fingerprint density at radius 3 is 2.04 bits per heavy atom. The zero-order valence-corrected chi connectivity index (χ0v) is 15.7. The molecule has 0 spiro atoms. The Labute approximate surface area is 162 Å². The second kappa shape index (κ2) is 9.12. The molecule has 3 amide bonds. The van der Waals surface area contributed by atoms with E-state index in [9.17, 15) is 9.59 Å². The molecule has 0 fully saturated rings. The van der Waals surface area contributed by atoms with Crippen LogP contribution in [0.5, 0.6) is 0 Å². The van der Waals surface area contributed by atoms with Crippen LogP contribution in [-0.4, -0.2) is 19.0 Å². The van der Waals surface area contributed by atoms with Crippen LogP contribution < -0.4 is 16.0 Å². The first-order valence-corrected chi connectivity index (χ1v) is 9.49. The highest BCUT2D eigenvalue weighted by Crippen LogP contribution is 2.29. The molecule has 0 bridgehead atoms. The van der Waals surface area contributed by atoms with Gasteiger partial charge < -0.3 is 5.32 Å². The largest absolute Gasteiger partial charge is 0.341 e. The molecule has 0 unspecified atom stereocenters. The van der Waals surface area contributed by atoms with Gasteiger partial charge in [0.2, 0.25) is 5.91 Å². The van der Waals surface area contributed by atoms with Gasteiger partial charge in [0.05, 0.1) is 6.04 Å². The lowest BCUT2D eigenvalue weighted by molar-refractivity contribution is -0.122. The van der Waals surface area contributed by atoms with E-state index in [0.29, 0.717) is 0 Å². The van der Waals surface area contributed by atoms with Crippen molar-refractivity contribution in [2.45, 2.75) is 12.1 Å². The Morgan fingerprint density at radius 1 is 0.852 bits per heavy atom. The Bertz CT molecular complexity index is 867. The van der Waals surface area contributed by atoms with Crippen LogP contribution in [0.1, 0.15) is 28.1 Å². The minimum absolute atomic E-state index is 0.174. The van der Waals surface area contributed by atoms with Gasteiger partial charge in [0.15, 0.2) is 0 Å². The van der Waals surface area contributed by atoms with Crippen molar-refractivity contribution in [3.63, 3.8) is 0 Å². The van der Waals surface area contributed by atoms with Crippen LogP contribution in [0.25, 0.3) is 0 Å². The van der Waals surface area contributed by atoms with Crippen molar-refractivity contribution in [1.82, 2.24) is 16.0 Å². The second-order valence-corrected chi connectivity index (χ2v) is 6.92. The summed E-state index contributed by atoms with van der Waals surface area (Å²) in [6, 6.07) is 22.0. The third kappa shape index (κ3) is 4.81. The summed E-state index contributed by atoms with van der Waals surface area (Å²) in [5.41, 5.74) is 1.84. The molecule has 5 nitrogen and oxygen atoms in total. The summed E-state index contributed by atoms with van der Waals surface area (Å²) in [6.45, 7) is 0. The molecule has 1 heterocycles. The Hall–Kier alpha value is -2.96. The minimum atomic E-state index is -0.684. The summed E-state index contributed by atoms with van der Waals surface area (Å²) in [5, 5.41) is 10.2. The van der Waals surface area contributed by atoms with Gasteiger partial charge in [-0.15, -0.1) is 11.3 Å². The monoisotopic (exact) mass is 379 g/mol. The van der Waals surface area contributed by atoms with Gasteiger partial charge in [-0.25, -0.2) is 4.79 Å². The zero-order chi connectivity index (χ0) is 19.1. The third-order valence-electron chi connectivity index (χ3n) is 4.15. The fourth-order valence-corrected chi connectivity index (χ4v) is 3.64. The van der Waals surface area contributed by atoms with E-state index in [2.05, 4.69) is 16.0 Å². The fraction of sp³-hybridized carbons (Fsp3) is 0.143. The smallest absolute Gasteiger partial charge is 0.321 e. The molecule has 0 aliphatic carbocycles. The second-order valence-electron chi connectivity index (χ2n) is 5.94. The highest BCUT2D eigenvalue weighted by atomic mass is 32.1. The SMILES string of the molecule is CNC(=O)NC(=O)[C@@H](N[C@H](c1ccccc1)c1cccs1)c1ccccc1. The molecular weight excluding hydrogens is 358 g/mol. The van der Waals surface area contributed by atoms with Gasteiger partial charge in [0.1, 0.15) is 6.04 Å². The highest BCUT2D eigenvalue weighted by Gasteiger charge is 2.27.